The van der Waals surface area contributed by atoms with Gasteiger partial charge in [-0.2, -0.15) is 0 Å². The minimum atomic E-state index is -0.457. The quantitative estimate of drug-likeness (QED) is 0.0794. The van der Waals surface area contributed by atoms with Gasteiger partial charge in [0.1, 0.15) is 19.0 Å². The van der Waals surface area contributed by atoms with Crippen molar-refractivity contribution in [3.8, 4) is 5.75 Å². The van der Waals surface area contributed by atoms with Gasteiger partial charge in [0.2, 0.25) is 0 Å². The van der Waals surface area contributed by atoms with E-state index in [0.29, 0.717) is 98.2 Å². The van der Waals surface area contributed by atoms with Crippen LogP contribution in [0.4, 0.5) is 5.69 Å². The number of nitrogens with zero attached hydrogens (tertiary/aromatic N) is 1. The van der Waals surface area contributed by atoms with Gasteiger partial charge in [0.25, 0.3) is 5.69 Å². The number of hydrogen-bond acceptors (Lipinski definition) is 12. The minimum absolute atomic E-state index is 0.0227. The lowest BCUT2D eigenvalue weighted by Gasteiger charge is -2.09. The first kappa shape index (κ1) is 31.6. The van der Waals surface area contributed by atoms with E-state index in [1.54, 1.807) is 12.1 Å². The highest BCUT2D eigenvalue weighted by Gasteiger charge is 2.04. The fourth-order valence-electron chi connectivity index (χ4n) is 2.42. The molecule has 0 fully saturated rings. The Morgan fingerprint density at radius 3 is 1.36 bits per heavy atom. The van der Waals surface area contributed by atoms with Crippen LogP contribution in [-0.4, -0.2) is 117 Å². The fraction of sp³-hybridized carbons (Fsp3) is 0.696. The van der Waals surface area contributed by atoms with Gasteiger partial charge in [-0.25, -0.2) is 4.79 Å². The third-order valence-electron chi connectivity index (χ3n) is 4.22. The van der Waals surface area contributed by atoms with Crippen molar-refractivity contribution in [3.05, 3.63) is 34.4 Å². The number of hydrogen-bond donors (Lipinski definition) is 0. The second-order valence-corrected chi connectivity index (χ2v) is 6.90. The largest absolute Gasteiger partial charge is 0.491 e. The molecular formula is C23H37NO12. The van der Waals surface area contributed by atoms with Crippen molar-refractivity contribution in [1.29, 1.82) is 0 Å². The predicted molar refractivity (Wildman–Crippen MR) is 126 cm³/mol. The predicted octanol–water partition coefficient (Wildman–Crippen LogP) is 1.26. The number of methoxy groups -OCH3 is 1. The van der Waals surface area contributed by atoms with E-state index in [4.69, 9.17) is 37.9 Å². The van der Waals surface area contributed by atoms with Crippen LogP contribution in [0, 0.1) is 10.1 Å². The fourth-order valence-corrected chi connectivity index (χ4v) is 2.42. The van der Waals surface area contributed by atoms with Crippen molar-refractivity contribution in [2.45, 2.75) is 0 Å². The highest BCUT2D eigenvalue weighted by molar-refractivity contribution is 5.70. The number of carbonyl (C=O) groups excluding carboxylic acids is 1. The smallest absolute Gasteiger partial charge is 0.331 e. The molecule has 36 heavy (non-hydrogen) atoms. The third kappa shape index (κ3) is 18.9. The van der Waals surface area contributed by atoms with Crippen LogP contribution in [0.3, 0.4) is 0 Å². The van der Waals surface area contributed by atoms with E-state index in [-0.39, 0.29) is 12.3 Å². The molecule has 0 saturated heterocycles. The van der Waals surface area contributed by atoms with E-state index in [1.807, 2.05) is 0 Å². The molecule has 0 atom stereocenters. The maximum absolute atomic E-state index is 10.8. The van der Waals surface area contributed by atoms with Crippen LogP contribution in [0.2, 0.25) is 0 Å². The van der Waals surface area contributed by atoms with Gasteiger partial charge in [0, 0.05) is 12.1 Å². The van der Waals surface area contributed by atoms with Crippen LogP contribution in [0.1, 0.15) is 0 Å². The molecule has 0 aliphatic carbocycles. The number of non-ortho nitro benzene ring substituents is 1. The molecule has 0 amide bonds. The van der Waals surface area contributed by atoms with E-state index in [1.165, 1.54) is 19.2 Å². The van der Waals surface area contributed by atoms with Crippen molar-refractivity contribution >= 4 is 11.7 Å². The summed E-state index contributed by atoms with van der Waals surface area (Å²) in [7, 11) is 1.31. The maximum Gasteiger partial charge on any atom is 0.331 e. The molecular weight excluding hydrogens is 482 g/mol. The van der Waals surface area contributed by atoms with Crippen LogP contribution < -0.4 is 4.74 Å². The molecule has 1 rings (SSSR count). The number of nitro groups is 1. The topological polar surface area (TPSA) is 143 Å². The van der Waals surface area contributed by atoms with Gasteiger partial charge < -0.3 is 42.6 Å². The normalized spacial score (nSPS) is 10.9. The van der Waals surface area contributed by atoms with Crippen LogP contribution in [0.25, 0.3) is 0 Å². The minimum Gasteiger partial charge on any atom is -0.491 e. The molecule has 0 aliphatic heterocycles. The monoisotopic (exact) mass is 519 g/mol. The van der Waals surface area contributed by atoms with Gasteiger partial charge in [0.15, 0.2) is 0 Å². The highest BCUT2D eigenvalue weighted by Crippen LogP contribution is 2.17. The van der Waals surface area contributed by atoms with E-state index in [9.17, 15) is 14.9 Å². The molecule has 206 valence electrons. The van der Waals surface area contributed by atoms with Crippen LogP contribution in [0.15, 0.2) is 24.3 Å². The van der Waals surface area contributed by atoms with Crippen molar-refractivity contribution in [3.63, 3.8) is 0 Å². The molecule has 0 heterocycles. The summed E-state index contributed by atoms with van der Waals surface area (Å²) in [5.74, 6) is 0.137. The zero-order chi connectivity index (χ0) is 26.1. The Hall–Kier alpha value is -2.39. The summed E-state index contributed by atoms with van der Waals surface area (Å²) in [5.41, 5.74) is 0.0227. The number of benzene rings is 1. The van der Waals surface area contributed by atoms with Crippen LogP contribution in [-0.2, 0) is 42.7 Å². The number of esters is 1. The molecule has 0 aliphatic rings. The zero-order valence-electron chi connectivity index (χ0n) is 20.8. The van der Waals surface area contributed by atoms with Gasteiger partial charge in [-0.05, 0) is 12.1 Å². The standard InChI is InChI=1S/C23H37NO12/c1-28-23(25)20-35-17-16-33-13-12-31-9-8-29-6-7-30-10-11-32-14-15-34-18-19-36-22-4-2-21(3-5-22)24(26)27/h2-5H,6-20H2,1H3. The molecule has 0 bridgehead atoms. The number of nitro benzene ring substituents is 1. The Morgan fingerprint density at radius 1 is 0.639 bits per heavy atom. The maximum atomic E-state index is 10.8. The number of carbonyl (C=O) groups is 1. The average molecular weight is 520 g/mol. The molecule has 1 aromatic carbocycles. The van der Waals surface area contributed by atoms with E-state index >= 15 is 0 Å². The second-order valence-electron chi connectivity index (χ2n) is 6.90. The first-order valence-corrected chi connectivity index (χ1v) is 11.6. The summed E-state index contributed by atoms with van der Waals surface area (Å²) in [6.45, 7) is 5.90. The Morgan fingerprint density at radius 2 is 1.00 bits per heavy atom. The van der Waals surface area contributed by atoms with Crippen molar-refractivity contribution in [1.82, 2.24) is 0 Å². The lowest BCUT2D eigenvalue weighted by molar-refractivity contribution is -0.384. The number of ether oxygens (including phenoxy) is 9. The average Bonchev–Trinajstić information content (AvgIpc) is 2.89. The highest BCUT2D eigenvalue weighted by atomic mass is 16.6. The summed E-state index contributed by atoms with van der Waals surface area (Å²) < 4.78 is 47.2. The summed E-state index contributed by atoms with van der Waals surface area (Å²) in [5, 5.41) is 10.6. The number of rotatable bonds is 25. The lowest BCUT2D eigenvalue weighted by Crippen LogP contribution is -2.16. The SMILES string of the molecule is COC(=O)COCCOCCOCCOCCOCCOCCOCCOc1ccc([N+](=O)[O-])cc1. The molecule has 0 spiro atoms. The zero-order valence-corrected chi connectivity index (χ0v) is 20.8. The first-order chi connectivity index (χ1) is 17.6. The van der Waals surface area contributed by atoms with Gasteiger partial charge in [-0.15, -0.1) is 0 Å². The summed E-state index contributed by atoms with van der Waals surface area (Å²) >= 11 is 0. The molecule has 1 aromatic rings. The molecule has 0 radical (unpaired) electrons. The first-order valence-electron chi connectivity index (χ1n) is 11.6. The summed E-state index contributed by atoms with van der Waals surface area (Å²) in [6, 6.07) is 5.89. The van der Waals surface area contributed by atoms with Gasteiger partial charge in [-0.3, -0.25) is 10.1 Å². The summed E-state index contributed by atoms with van der Waals surface area (Å²) in [6.07, 6.45) is 0. The van der Waals surface area contributed by atoms with Crippen LogP contribution >= 0.6 is 0 Å². The lowest BCUT2D eigenvalue weighted by atomic mass is 10.3. The van der Waals surface area contributed by atoms with Crippen molar-refractivity contribution in [2.24, 2.45) is 0 Å². The Labute approximate surface area is 210 Å². The third-order valence-corrected chi connectivity index (χ3v) is 4.22. The molecule has 0 N–H and O–H groups in total. The van der Waals surface area contributed by atoms with Crippen molar-refractivity contribution < 1.29 is 52.3 Å². The molecule has 13 nitrogen and oxygen atoms in total. The molecule has 0 aromatic heterocycles. The van der Waals surface area contributed by atoms with E-state index in [0.717, 1.165) is 0 Å². The van der Waals surface area contributed by atoms with Gasteiger partial charge >= 0.3 is 5.97 Å². The molecule has 0 saturated carbocycles. The van der Waals surface area contributed by atoms with Crippen molar-refractivity contribution in [2.75, 3.05) is 106 Å². The second kappa shape index (κ2) is 23.0. The Bertz CT molecular complexity index is 674. The van der Waals surface area contributed by atoms with Gasteiger partial charge in [-0.1, -0.05) is 0 Å². The Kier molecular flexibility index (Phi) is 20.2. The van der Waals surface area contributed by atoms with E-state index in [2.05, 4.69) is 4.74 Å². The summed E-state index contributed by atoms with van der Waals surface area (Å²) in [4.78, 5) is 21.0. The molecule has 0 unspecified atom stereocenters. The van der Waals surface area contributed by atoms with Gasteiger partial charge in [0.05, 0.1) is 97.9 Å². The molecule has 13 heteroatoms. The van der Waals surface area contributed by atoms with Crippen LogP contribution in [0.5, 0.6) is 5.75 Å². The Balaban J connectivity index is 1.71. The van der Waals surface area contributed by atoms with E-state index < -0.39 is 10.9 Å².